The Morgan fingerprint density at radius 2 is 2.45 bits per heavy atom. The number of hydrogen-bond donors (Lipinski definition) is 1. The highest BCUT2D eigenvalue weighted by Gasteiger charge is 2.02. The molecule has 0 atom stereocenters. The van der Waals surface area contributed by atoms with Gasteiger partial charge < -0.3 is 4.42 Å². The van der Waals surface area contributed by atoms with Gasteiger partial charge in [0.25, 0.3) is 0 Å². The van der Waals surface area contributed by atoms with E-state index in [2.05, 4.69) is 15.2 Å². The van der Waals surface area contributed by atoms with E-state index in [1.54, 1.807) is 12.5 Å². The van der Waals surface area contributed by atoms with Crippen LogP contribution in [0.2, 0.25) is 0 Å². The molecular weight excluding hydrogens is 142 g/mol. The van der Waals surface area contributed by atoms with Crippen molar-refractivity contribution in [3.05, 3.63) is 24.4 Å². The Labute approximate surface area is 63.3 Å². The quantitative estimate of drug-likeness (QED) is 0.666. The summed E-state index contributed by atoms with van der Waals surface area (Å²) in [7, 11) is 0. The molecule has 0 aliphatic rings. The lowest BCUT2D eigenvalue weighted by Crippen LogP contribution is -1.75. The van der Waals surface area contributed by atoms with E-state index in [1.807, 2.05) is 13.0 Å². The van der Waals surface area contributed by atoms with Crippen LogP contribution in [0.5, 0.6) is 0 Å². The first-order chi connectivity index (χ1) is 5.36. The summed E-state index contributed by atoms with van der Waals surface area (Å²) in [5.41, 5.74) is 0.898. The molecule has 56 valence electrons. The smallest absolute Gasteiger partial charge is 0.184 e. The molecule has 0 unspecified atom stereocenters. The van der Waals surface area contributed by atoms with Gasteiger partial charge in [-0.3, -0.25) is 5.10 Å². The fourth-order valence-electron chi connectivity index (χ4n) is 0.864. The summed E-state index contributed by atoms with van der Waals surface area (Å²) < 4.78 is 4.88. The summed E-state index contributed by atoms with van der Waals surface area (Å²) in [6.45, 7) is 1.86. The van der Waals surface area contributed by atoms with Crippen LogP contribution in [0.3, 0.4) is 0 Å². The average Bonchev–Trinajstić information content (AvgIpc) is 2.55. The highest BCUT2D eigenvalue weighted by atomic mass is 16.3. The Bertz CT molecular complexity index is 336. The Morgan fingerprint density at radius 3 is 3.00 bits per heavy atom. The van der Waals surface area contributed by atoms with Gasteiger partial charge in [-0.25, -0.2) is 4.98 Å². The molecule has 0 bridgehead atoms. The van der Waals surface area contributed by atoms with Crippen molar-refractivity contribution in [3.8, 4) is 11.4 Å². The first-order valence-corrected chi connectivity index (χ1v) is 3.28. The zero-order valence-corrected chi connectivity index (χ0v) is 6.03. The van der Waals surface area contributed by atoms with Crippen LogP contribution in [0, 0.1) is 6.92 Å². The van der Waals surface area contributed by atoms with Crippen molar-refractivity contribution in [1.82, 2.24) is 15.2 Å². The molecule has 0 spiro atoms. The van der Waals surface area contributed by atoms with Crippen molar-refractivity contribution in [2.45, 2.75) is 6.92 Å². The number of aromatic amines is 1. The van der Waals surface area contributed by atoms with Gasteiger partial charge in [0.2, 0.25) is 0 Å². The second-order valence-electron chi connectivity index (χ2n) is 2.26. The average molecular weight is 149 g/mol. The molecule has 4 heteroatoms. The van der Waals surface area contributed by atoms with Crippen molar-refractivity contribution in [1.29, 1.82) is 0 Å². The van der Waals surface area contributed by atoms with Crippen molar-refractivity contribution in [2.75, 3.05) is 0 Å². The molecule has 2 aromatic rings. The Kier molecular flexibility index (Phi) is 1.25. The zero-order chi connectivity index (χ0) is 7.68. The van der Waals surface area contributed by atoms with Crippen LogP contribution in [0.4, 0.5) is 0 Å². The minimum atomic E-state index is 0.677. The van der Waals surface area contributed by atoms with Gasteiger partial charge in [0.15, 0.2) is 5.82 Å². The van der Waals surface area contributed by atoms with Crippen LogP contribution in [0.1, 0.15) is 5.82 Å². The number of aryl methyl sites for hydroxylation is 1. The largest absolute Gasteiger partial charge is 0.472 e. The molecule has 0 saturated carbocycles. The maximum absolute atomic E-state index is 4.88. The van der Waals surface area contributed by atoms with Crippen LogP contribution >= 0.6 is 0 Å². The molecule has 0 fully saturated rings. The maximum atomic E-state index is 4.88. The molecule has 4 nitrogen and oxygen atoms in total. The van der Waals surface area contributed by atoms with Crippen LogP contribution in [0.15, 0.2) is 23.0 Å². The van der Waals surface area contributed by atoms with Gasteiger partial charge in [-0.15, -0.1) is 0 Å². The molecule has 0 aliphatic carbocycles. The lowest BCUT2D eigenvalue weighted by atomic mass is 10.3. The third-order valence-corrected chi connectivity index (χ3v) is 1.38. The molecule has 2 heterocycles. The van der Waals surface area contributed by atoms with E-state index < -0.39 is 0 Å². The molecule has 11 heavy (non-hydrogen) atoms. The van der Waals surface area contributed by atoms with Crippen molar-refractivity contribution in [3.63, 3.8) is 0 Å². The van der Waals surface area contributed by atoms with Crippen molar-refractivity contribution >= 4 is 0 Å². The van der Waals surface area contributed by atoms with E-state index in [9.17, 15) is 0 Å². The monoisotopic (exact) mass is 149 g/mol. The predicted molar refractivity (Wildman–Crippen MR) is 38.8 cm³/mol. The normalized spacial score (nSPS) is 10.3. The van der Waals surface area contributed by atoms with E-state index in [1.165, 1.54) is 0 Å². The van der Waals surface area contributed by atoms with E-state index in [4.69, 9.17) is 4.42 Å². The number of furan rings is 1. The molecule has 0 saturated heterocycles. The maximum Gasteiger partial charge on any atom is 0.184 e. The fourth-order valence-corrected chi connectivity index (χ4v) is 0.864. The lowest BCUT2D eigenvalue weighted by molar-refractivity contribution is 0.568. The summed E-state index contributed by atoms with van der Waals surface area (Å²) in [5, 5.41) is 6.72. The Hall–Kier alpha value is -1.58. The van der Waals surface area contributed by atoms with Gasteiger partial charge in [-0.05, 0) is 13.0 Å². The minimum Gasteiger partial charge on any atom is -0.472 e. The molecule has 2 rings (SSSR count). The summed E-state index contributed by atoms with van der Waals surface area (Å²) >= 11 is 0. The van der Waals surface area contributed by atoms with Crippen LogP contribution in [-0.2, 0) is 0 Å². The summed E-state index contributed by atoms with van der Waals surface area (Å²) in [4.78, 5) is 4.13. The number of hydrogen-bond acceptors (Lipinski definition) is 3. The number of H-pyrrole nitrogens is 1. The summed E-state index contributed by atoms with van der Waals surface area (Å²) in [6, 6.07) is 1.82. The van der Waals surface area contributed by atoms with Gasteiger partial charge in [0.05, 0.1) is 11.8 Å². The van der Waals surface area contributed by atoms with Crippen LogP contribution in [-0.4, -0.2) is 15.2 Å². The number of nitrogens with one attached hydrogen (secondary N) is 1. The fraction of sp³-hybridized carbons (Fsp3) is 0.143. The second-order valence-corrected chi connectivity index (χ2v) is 2.26. The first kappa shape index (κ1) is 6.15. The molecule has 0 amide bonds. The van der Waals surface area contributed by atoms with E-state index in [0.717, 1.165) is 11.4 Å². The van der Waals surface area contributed by atoms with Gasteiger partial charge >= 0.3 is 0 Å². The highest BCUT2D eigenvalue weighted by molar-refractivity contribution is 5.51. The summed E-state index contributed by atoms with van der Waals surface area (Å²) in [6.07, 6.45) is 3.21. The van der Waals surface area contributed by atoms with Gasteiger partial charge in [0.1, 0.15) is 12.1 Å². The minimum absolute atomic E-state index is 0.677. The number of aromatic nitrogens is 3. The lowest BCUT2D eigenvalue weighted by Gasteiger charge is -1.81. The predicted octanol–water partition coefficient (Wildman–Crippen LogP) is 1.37. The SMILES string of the molecule is Cc1nc(-c2ccoc2)n[nH]1. The van der Waals surface area contributed by atoms with E-state index >= 15 is 0 Å². The first-order valence-electron chi connectivity index (χ1n) is 3.28. The second kappa shape index (κ2) is 2.23. The molecule has 0 aromatic carbocycles. The van der Waals surface area contributed by atoms with Crippen LogP contribution < -0.4 is 0 Å². The third kappa shape index (κ3) is 1.02. The molecule has 0 radical (unpaired) electrons. The zero-order valence-electron chi connectivity index (χ0n) is 6.03. The topological polar surface area (TPSA) is 54.7 Å². The van der Waals surface area contributed by atoms with Gasteiger partial charge in [-0.2, -0.15) is 5.10 Å². The van der Waals surface area contributed by atoms with Gasteiger partial charge in [-0.1, -0.05) is 0 Å². The van der Waals surface area contributed by atoms with Gasteiger partial charge in [0, 0.05) is 0 Å². The molecule has 2 aromatic heterocycles. The highest BCUT2D eigenvalue weighted by Crippen LogP contribution is 2.13. The van der Waals surface area contributed by atoms with E-state index in [0.29, 0.717) is 5.82 Å². The summed E-state index contributed by atoms with van der Waals surface area (Å²) in [5.74, 6) is 1.48. The number of nitrogens with zero attached hydrogens (tertiary/aromatic N) is 2. The van der Waals surface area contributed by atoms with Crippen LogP contribution in [0.25, 0.3) is 11.4 Å². The Morgan fingerprint density at radius 1 is 1.55 bits per heavy atom. The molecule has 0 aliphatic heterocycles. The number of rotatable bonds is 1. The molecule has 1 N–H and O–H groups in total. The molecular formula is C7H7N3O. The van der Waals surface area contributed by atoms with Crippen molar-refractivity contribution < 1.29 is 4.42 Å². The Balaban J connectivity index is 2.45. The van der Waals surface area contributed by atoms with Crippen molar-refractivity contribution in [2.24, 2.45) is 0 Å². The van der Waals surface area contributed by atoms with E-state index in [-0.39, 0.29) is 0 Å². The third-order valence-electron chi connectivity index (χ3n) is 1.38. The standard InChI is InChI=1S/C7H7N3O/c1-5-8-7(10-9-5)6-2-3-11-4-6/h2-4H,1H3,(H,8,9,10).